The van der Waals surface area contributed by atoms with Crippen LogP contribution in [0.5, 0.6) is 11.5 Å². The van der Waals surface area contributed by atoms with E-state index >= 15 is 0 Å². The number of aryl methyl sites for hydroxylation is 1. The van der Waals surface area contributed by atoms with E-state index in [0.29, 0.717) is 17.2 Å². The first-order chi connectivity index (χ1) is 8.61. The van der Waals surface area contributed by atoms with Gasteiger partial charge < -0.3 is 10.5 Å². The summed E-state index contributed by atoms with van der Waals surface area (Å²) in [6, 6.07) is 11.2. The summed E-state index contributed by atoms with van der Waals surface area (Å²) in [7, 11) is 0. The van der Waals surface area contributed by atoms with E-state index in [0.717, 1.165) is 5.56 Å². The first-order valence-electron chi connectivity index (χ1n) is 5.34. The van der Waals surface area contributed by atoms with Crippen LogP contribution in [0.4, 0.5) is 10.1 Å². The van der Waals surface area contributed by atoms with E-state index in [9.17, 15) is 4.39 Å². The van der Waals surface area contributed by atoms with Gasteiger partial charge in [-0.05, 0) is 30.7 Å². The molecule has 3 nitrogen and oxygen atoms in total. The zero-order chi connectivity index (χ0) is 13.1. The van der Waals surface area contributed by atoms with Crippen molar-refractivity contribution >= 4 is 5.69 Å². The Bertz CT molecular complexity index is 632. The molecule has 0 amide bonds. The molecule has 2 aromatic rings. The molecule has 0 spiro atoms. The average molecular weight is 242 g/mol. The summed E-state index contributed by atoms with van der Waals surface area (Å²) in [5, 5.41) is 8.63. The smallest absolute Gasteiger partial charge is 0.150 e. The summed E-state index contributed by atoms with van der Waals surface area (Å²) in [6.07, 6.45) is 0. The second-order valence-corrected chi connectivity index (χ2v) is 3.84. The molecule has 2 rings (SSSR count). The van der Waals surface area contributed by atoms with Gasteiger partial charge in [0, 0.05) is 6.07 Å². The number of para-hydroxylation sites is 1. The van der Waals surface area contributed by atoms with Gasteiger partial charge in [0.15, 0.2) is 5.75 Å². The predicted molar refractivity (Wildman–Crippen MR) is 66.8 cm³/mol. The van der Waals surface area contributed by atoms with E-state index < -0.39 is 5.82 Å². The standard InChI is InChI=1S/C14H11FN2O/c1-9-3-2-4-13(14(9)17)18-11-6-5-10(8-16)12(15)7-11/h2-7H,17H2,1H3. The Morgan fingerprint density at radius 1 is 1.28 bits per heavy atom. The topological polar surface area (TPSA) is 59.0 Å². The fraction of sp³-hybridized carbons (Fsp3) is 0.0714. The van der Waals surface area contributed by atoms with E-state index in [2.05, 4.69) is 0 Å². The second kappa shape index (κ2) is 4.76. The van der Waals surface area contributed by atoms with Gasteiger partial charge in [0.2, 0.25) is 0 Å². The fourth-order valence-corrected chi connectivity index (χ4v) is 1.52. The first kappa shape index (κ1) is 11.9. The van der Waals surface area contributed by atoms with Gasteiger partial charge in [-0.15, -0.1) is 0 Å². The molecule has 0 aliphatic carbocycles. The first-order valence-corrected chi connectivity index (χ1v) is 5.34. The molecule has 0 fully saturated rings. The molecular weight excluding hydrogens is 231 g/mol. The molecule has 90 valence electrons. The highest BCUT2D eigenvalue weighted by molar-refractivity contribution is 5.59. The number of halogens is 1. The van der Waals surface area contributed by atoms with Crippen molar-refractivity contribution in [2.75, 3.05) is 5.73 Å². The minimum Gasteiger partial charge on any atom is -0.455 e. The second-order valence-electron chi connectivity index (χ2n) is 3.84. The molecule has 0 radical (unpaired) electrons. The van der Waals surface area contributed by atoms with Crippen LogP contribution in [0.25, 0.3) is 0 Å². The number of hydrogen-bond donors (Lipinski definition) is 1. The number of nitrogens with two attached hydrogens (primary N) is 1. The number of rotatable bonds is 2. The number of anilines is 1. The third-order valence-electron chi connectivity index (χ3n) is 2.57. The number of nitrogen functional groups attached to an aromatic ring is 1. The number of ether oxygens (including phenoxy) is 1. The maximum atomic E-state index is 13.4. The van der Waals surface area contributed by atoms with Crippen molar-refractivity contribution in [1.82, 2.24) is 0 Å². The van der Waals surface area contributed by atoms with Crippen LogP contribution in [-0.2, 0) is 0 Å². The molecule has 0 aliphatic heterocycles. The molecule has 0 unspecified atom stereocenters. The van der Waals surface area contributed by atoms with Crippen LogP contribution < -0.4 is 10.5 Å². The Kier molecular flexibility index (Phi) is 3.16. The van der Waals surface area contributed by atoms with E-state index in [-0.39, 0.29) is 5.56 Å². The molecule has 0 bridgehead atoms. The van der Waals surface area contributed by atoms with E-state index in [4.69, 9.17) is 15.7 Å². The summed E-state index contributed by atoms with van der Waals surface area (Å²) < 4.78 is 18.9. The summed E-state index contributed by atoms with van der Waals surface area (Å²) >= 11 is 0. The lowest BCUT2D eigenvalue weighted by molar-refractivity contribution is 0.478. The fourth-order valence-electron chi connectivity index (χ4n) is 1.52. The molecule has 4 heteroatoms. The van der Waals surface area contributed by atoms with Gasteiger partial charge in [0.05, 0.1) is 11.3 Å². The van der Waals surface area contributed by atoms with Crippen LogP contribution in [0.2, 0.25) is 0 Å². The summed E-state index contributed by atoms with van der Waals surface area (Å²) in [5.74, 6) is 0.170. The summed E-state index contributed by atoms with van der Waals surface area (Å²) in [6.45, 7) is 1.86. The van der Waals surface area contributed by atoms with Gasteiger partial charge in [0.25, 0.3) is 0 Å². The maximum Gasteiger partial charge on any atom is 0.150 e. The van der Waals surface area contributed by atoms with Crippen molar-refractivity contribution in [2.24, 2.45) is 0 Å². The normalized spacial score (nSPS) is 9.83. The van der Waals surface area contributed by atoms with Crippen LogP contribution >= 0.6 is 0 Å². The van der Waals surface area contributed by atoms with Gasteiger partial charge in [-0.25, -0.2) is 4.39 Å². The Morgan fingerprint density at radius 3 is 2.72 bits per heavy atom. The zero-order valence-electron chi connectivity index (χ0n) is 9.77. The van der Waals surface area contributed by atoms with Gasteiger partial charge in [-0.2, -0.15) is 5.26 Å². The molecule has 0 saturated heterocycles. The summed E-state index contributed by atoms with van der Waals surface area (Å²) in [5.41, 5.74) is 7.25. The van der Waals surface area contributed by atoms with Crippen molar-refractivity contribution in [2.45, 2.75) is 6.92 Å². The molecule has 0 aromatic heterocycles. The monoisotopic (exact) mass is 242 g/mol. The predicted octanol–water partition coefficient (Wildman–Crippen LogP) is 3.38. The van der Waals surface area contributed by atoms with Gasteiger partial charge in [-0.3, -0.25) is 0 Å². The third kappa shape index (κ3) is 2.25. The van der Waals surface area contributed by atoms with Crippen LogP contribution in [0.15, 0.2) is 36.4 Å². The Morgan fingerprint density at radius 2 is 2.06 bits per heavy atom. The highest BCUT2D eigenvalue weighted by Gasteiger charge is 2.07. The number of nitrogens with zero attached hydrogens (tertiary/aromatic N) is 1. The number of hydrogen-bond acceptors (Lipinski definition) is 3. The van der Waals surface area contributed by atoms with Gasteiger partial charge in [-0.1, -0.05) is 12.1 Å². The highest BCUT2D eigenvalue weighted by atomic mass is 19.1. The van der Waals surface area contributed by atoms with Gasteiger partial charge in [0.1, 0.15) is 17.6 Å². The minimum absolute atomic E-state index is 0.0143. The number of benzene rings is 2. The Hall–Kier alpha value is -2.54. The van der Waals surface area contributed by atoms with E-state index in [1.165, 1.54) is 18.2 Å². The summed E-state index contributed by atoms with van der Waals surface area (Å²) in [4.78, 5) is 0. The Balaban J connectivity index is 2.32. The van der Waals surface area contributed by atoms with Crippen LogP contribution in [0, 0.1) is 24.1 Å². The van der Waals surface area contributed by atoms with Crippen LogP contribution in [-0.4, -0.2) is 0 Å². The molecule has 18 heavy (non-hydrogen) atoms. The lowest BCUT2D eigenvalue weighted by atomic mass is 10.2. The third-order valence-corrected chi connectivity index (χ3v) is 2.57. The lowest BCUT2D eigenvalue weighted by Gasteiger charge is -2.10. The quantitative estimate of drug-likeness (QED) is 0.821. The molecule has 0 heterocycles. The molecule has 0 aliphatic rings. The molecule has 2 N–H and O–H groups in total. The zero-order valence-corrected chi connectivity index (χ0v) is 9.77. The van der Waals surface area contributed by atoms with E-state index in [1.54, 1.807) is 18.2 Å². The molecule has 0 saturated carbocycles. The highest BCUT2D eigenvalue weighted by Crippen LogP contribution is 2.30. The lowest BCUT2D eigenvalue weighted by Crippen LogP contribution is -1.95. The Labute approximate surface area is 104 Å². The average Bonchev–Trinajstić information content (AvgIpc) is 2.35. The van der Waals surface area contributed by atoms with Crippen molar-refractivity contribution in [3.8, 4) is 17.6 Å². The van der Waals surface area contributed by atoms with Crippen molar-refractivity contribution < 1.29 is 9.13 Å². The minimum atomic E-state index is -0.610. The van der Waals surface area contributed by atoms with Gasteiger partial charge >= 0.3 is 0 Å². The van der Waals surface area contributed by atoms with Crippen molar-refractivity contribution in [1.29, 1.82) is 5.26 Å². The number of nitriles is 1. The van der Waals surface area contributed by atoms with Crippen LogP contribution in [0.3, 0.4) is 0 Å². The largest absolute Gasteiger partial charge is 0.455 e. The molecule has 2 aromatic carbocycles. The molecular formula is C14H11FN2O. The maximum absolute atomic E-state index is 13.4. The van der Waals surface area contributed by atoms with E-state index in [1.807, 2.05) is 13.0 Å². The SMILES string of the molecule is Cc1cccc(Oc2ccc(C#N)c(F)c2)c1N. The van der Waals surface area contributed by atoms with Crippen LogP contribution in [0.1, 0.15) is 11.1 Å². The van der Waals surface area contributed by atoms with Crippen molar-refractivity contribution in [3.63, 3.8) is 0 Å². The van der Waals surface area contributed by atoms with Crippen molar-refractivity contribution in [3.05, 3.63) is 53.3 Å². The molecule has 0 atom stereocenters.